The molecule has 0 spiro atoms. The minimum Gasteiger partial charge on any atom is -0.491 e. The van der Waals surface area contributed by atoms with Gasteiger partial charge in [-0.15, -0.1) is 0 Å². The molecule has 0 aliphatic rings. The van der Waals surface area contributed by atoms with Crippen LogP contribution in [0.15, 0.2) is 24.3 Å². The lowest BCUT2D eigenvalue weighted by atomic mass is 10.1. The van der Waals surface area contributed by atoms with Crippen molar-refractivity contribution in [3.05, 3.63) is 29.8 Å². The molecular weight excluding hydrogens is 244 g/mol. The Labute approximate surface area is 114 Å². The van der Waals surface area contributed by atoms with E-state index < -0.39 is 5.97 Å². The van der Waals surface area contributed by atoms with E-state index >= 15 is 0 Å². The molecule has 0 unspecified atom stereocenters. The molecule has 106 valence electrons. The standard InChI is InChI=1S/C15H22O4/c1-12(2)7-8-18-9-10-19-14-5-3-13(4-6-14)11-15(16)17/h3-6,12H,7-11H2,1-2H3,(H,16,17). The number of carboxylic acids is 1. The maximum absolute atomic E-state index is 10.5. The third-order valence-electron chi connectivity index (χ3n) is 2.61. The second kappa shape index (κ2) is 8.53. The number of carbonyl (C=O) groups is 1. The first kappa shape index (κ1) is 15.5. The number of carboxylic acid groups (broad SMARTS) is 1. The third-order valence-corrected chi connectivity index (χ3v) is 2.61. The van der Waals surface area contributed by atoms with Gasteiger partial charge in [0.25, 0.3) is 0 Å². The third kappa shape index (κ3) is 7.47. The van der Waals surface area contributed by atoms with E-state index in [2.05, 4.69) is 13.8 Å². The van der Waals surface area contributed by atoms with Crippen molar-refractivity contribution in [1.82, 2.24) is 0 Å². The largest absolute Gasteiger partial charge is 0.491 e. The molecule has 1 aromatic rings. The molecule has 0 aliphatic heterocycles. The highest BCUT2D eigenvalue weighted by molar-refractivity contribution is 5.70. The first-order valence-electron chi connectivity index (χ1n) is 6.59. The van der Waals surface area contributed by atoms with Crippen molar-refractivity contribution in [3.63, 3.8) is 0 Å². The predicted molar refractivity (Wildman–Crippen MR) is 73.6 cm³/mol. The summed E-state index contributed by atoms with van der Waals surface area (Å²) in [6, 6.07) is 7.10. The van der Waals surface area contributed by atoms with Crippen LogP contribution >= 0.6 is 0 Å². The molecule has 0 amide bonds. The summed E-state index contributed by atoms with van der Waals surface area (Å²) >= 11 is 0. The Hall–Kier alpha value is -1.55. The first-order chi connectivity index (χ1) is 9.08. The van der Waals surface area contributed by atoms with Gasteiger partial charge < -0.3 is 14.6 Å². The Bertz CT molecular complexity index is 370. The van der Waals surface area contributed by atoms with Crippen molar-refractivity contribution in [2.24, 2.45) is 5.92 Å². The fourth-order valence-corrected chi connectivity index (χ4v) is 1.52. The minimum absolute atomic E-state index is 0.0403. The molecule has 0 aliphatic carbocycles. The van der Waals surface area contributed by atoms with Gasteiger partial charge in [-0.05, 0) is 30.0 Å². The van der Waals surface area contributed by atoms with Crippen LogP contribution in [0.5, 0.6) is 5.75 Å². The van der Waals surface area contributed by atoms with E-state index in [0.29, 0.717) is 19.1 Å². The highest BCUT2D eigenvalue weighted by Crippen LogP contribution is 2.12. The summed E-state index contributed by atoms with van der Waals surface area (Å²) in [6.45, 7) is 6.18. The smallest absolute Gasteiger partial charge is 0.307 e. The topological polar surface area (TPSA) is 55.8 Å². The highest BCUT2D eigenvalue weighted by Gasteiger charge is 2.01. The van der Waals surface area contributed by atoms with Gasteiger partial charge in [-0.1, -0.05) is 26.0 Å². The summed E-state index contributed by atoms with van der Waals surface area (Å²) in [6.07, 6.45) is 1.10. The lowest BCUT2D eigenvalue weighted by Gasteiger charge is -2.08. The van der Waals surface area contributed by atoms with E-state index in [1.54, 1.807) is 24.3 Å². The summed E-state index contributed by atoms with van der Waals surface area (Å²) in [5, 5.41) is 8.65. The molecule has 4 heteroatoms. The van der Waals surface area contributed by atoms with Gasteiger partial charge in [0.15, 0.2) is 0 Å². The summed E-state index contributed by atoms with van der Waals surface area (Å²) in [5.74, 6) is 0.566. The Balaban J connectivity index is 2.17. The Morgan fingerprint density at radius 3 is 2.42 bits per heavy atom. The van der Waals surface area contributed by atoms with Gasteiger partial charge in [0.2, 0.25) is 0 Å². The number of hydrogen-bond donors (Lipinski definition) is 1. The average molecular weight is 266 g/mol. The fraction of sp³-hybridized carbons (Fsp3) is 0.533. The molecule has 0 bridgehead atoms. The average Bonchev–Trinajstić information content (AvgIpc) is 2.34. The molecule has 0 saturated carbocycles. The fourth-order valence-electron chi connectivity index (χ4n) is 1.52. The van der Waals surface area contributed by atoms with Crippen molar-refractivity contribution < 1.29 is 19.4 Å². The van der Waals surface area contributed by atoms with Gasteiger partial charge in [0.1, 0.15) is 12.4 Å². The van der Waals surface area contributed by atoms with Gasteiger partial charge in [-0.2, -0.15) is 0 Å². The van der Waals surface area contributed by atoms with Crippen molar-refractivity contribution in [3.8, 4) is 5.75 Å². The highest BCUT2D eigenvalue weighted by atomic mass is 16.5. The summed E-state index contributed by atoms with van der Waals surface area (Å²) in [4.78, 5) is 10.5. The van der Waals surface area contributed by atoms with Crippen LogP contribution in [0.1, 0.15) is 25.8 Å². The van der Waals surface area contributed by atoms with E-state index in [1.165, 1.54) is 0 Å². The number of rotatable bonds is 9. The second-order valence-electron chi connectivity index (χ2n) is 4.86. The Morgan fingerprint density at radius 1 is 1.16 bits per heavy atom. The normalized spacial score (nSPS) is 10.7. The van der Waals surface area contributed by atoms with E-state index in [9.17, 15) is 4.79 Å². The molecule has 1 rings (SSSR count). The van der Waals surface area contributed by atoms with Gasteiger partial charge in [0, 0.05) is 6.61 Å². The molecule has 1 aromatic carbocycles. The zero-order valence-corrected chi connectivity index (χ0v) is 11.6. The molecule has 0 radical (unpaired) electrons. The van der Waals surface area contributed by atoms with Crippen molar-refractivity contribution in [2.75, 3.05) is 19.8 Å². The minimum atomic E-state index is -0.827. The van der Waals surface area contributed by atoms with Gasteiger partial charge in [-0.25, -0.2) is 0 Å². The maximum atomic E-state index is 10.5. The molecule has 19 heavy (non-hydrogen) atoms. The summed E-state index contributed by atoms with van der Waals surface area (Å²) in [5.41, 5.74) is 0.771. The molecule has 0 aromatic heterocycles. The van der Waals surface area contributed by atoms with Crippen LogP contribution in [0.25, 0.3) is 0 Å². The number of hydrogen-bond acceptors (Lipinski definition) is 3. The van der Waals surface area contributed by atoms with Crippen molar-refractivity contribution >= 4 is 5.97 Å². The molecule has 1 N–H and O–H groups in total. The first-order valence-corrected chi connectivity index (χ1v) is 6.59. The lowest BCUT2D eigenvalue weighted by Crippen LogP contribution is -2.08. The lowest BCUT2D eigenvalue weighted by molar-refractivity contribution is -0.136. The van der Waals surface area contributed by atoms with E-state index in [-0.39, 0.29) is 6.42 Å². The Kier molecular flexibility index (Phi) is 6.97. The quantitative estimate of drug-likeness (QED) is 0.698. The van der Waals surface area contributed by atoms with E-state index in [1.807, 2.05) is 0 Å². The van der Waals surface area contributed by atoms with Crippen molar-refractivity contribution in [2.45, 2.75) is 26.7 Å². The maximum Gasteiger partial charge on any atom is 0.307 e. The van der Waals surface area contributed by atoms with Crippen LogP contribution in [0.3, 0.4) is 0 Å². The van der Waals surface area contributed by atoms with Crippen LogP contribution in [0.2, 0.25) is 0 Å². The second-order valence-corrected chi connectivity index (χ2v) is 4.86. The Morgan fingerprint density at radius 2 is 1.84 bits per heavy atom. The predicted octanol–water partition coefficient (Wildman–Crippen LogP) is 2.76. The monoisotopic (exact) mass is 266 g/mol. The number of benzene rings is 1. The zero-order valence-electron chi connectivity index (χ0n) is 11.6. The van der Waals surface area contributed by atoms with Crippen LogP contribution in [-0.4, -0.2) is 30.9 Å². The summed E-state index contributed by atoms with van der Waals surface area (Å²) < 4.78 is 10.9. The number of ether oxygens (including phenoxy) is 2. The van der Waals surface area contributed by atoms with E-state index in [0.717, 1.165) is 24.3 Å². The van der Waals surface area contributed by atoms with Crippen LogP contribution in [0, 0.1) is 5.92 Å². The van der Waals surface area contributed by atoms with Crippen LogP contribution in [-0.2, 0) is 16.0 Å². The van der Waals surface area contributed by atoms with Gasteiger partial charge in [0.05, 0.1) is 13.0 Å². The van der Waals surface area contributed by atoms with Gasteiger partial charge >= 0.3 is 5.97 Å². The molecular formula is C15H22O4. The summed E-state index contributed by atoms with van der Waals surface area (Å²) in [7, 11) is 0. The molecule has 0 fully saturated rings. The van der Waals surface area contributed by atoms with Crippen molar-refractivity contribution in [1.29, 1.82) is 0 Å². The zero-order chi connectivity index (χ0) is 14.1. The van der Waals surface area contributed by atoms with E-state index in [4.69, 9.17) is 14.6 Å². The van der Waals surface area contributed by atoms with Crippen LogP contribution in [0.4, 0.5) is 0 Å². The number of aliphatic carboxylic acids is 1. The molecule has 0 atom stereocenters. The SMILES string of the molecule is CC(C)CCOCCOc1ccc(CC(=O)O)cc1. The molecule has 4 nitrogen and oxygen atoms in total. The van der Waals surface area contributed by atoms with Gasteiger partial charge in [-0.3, -0.25) is 4.79 Å². The van der Waals surface area contributed by atoms with Crippen LogP contribution < -0.4 is 4.74 Å². The molecule has 0 heterocycles. The molecule has 0 saturated heterocycles.